The van der Waals surface area contributed by atoms with Crippen LogP contribution in [0.25, 0.3) is 0 Å². The number of anilines is 2. The highest BCUT2D eigenvalue weighted by atomic mass is 19.1. The van der Waals surface area contributed by atoms with Crippen molar-refractivity contribution in [2.75, 3.05) is 5.32 Å². The van der Waals surface area contributed by atoms with E-state index in [4.69, 9.17) is 5.26 Å². The van der Waals surface area contributed by atoms with Crippen molar-refractivity contribution in [3.8, 4) is 6.07 Å². The molecule has 0 aliphatic rings. The standard InChI is InChI=1S/C20H16FN5O/c1-13-10-18(19(27)23-12-15-2-6-16(21)7-3-15)26-20(24-13)25-17-8-4-14(11-22)5-9-17/h2-10H,12H2,1H3,(H,23,27)(H,24,25,26). The van der Waals surface area contributed by atoms with E-state index in [0.29, 0.717) is 16.9 Å². The number of aromatic nitrogens is 2. The zero-order valence-electron chi connectivity index (χ0n) is 14.5. The summed E-state index contributed by atoms with van der Waals surface area (Å²) in [5.74, 6) is -0.394. The summed E-state index contributed by atoms with van der Waals surface area (Å²) in [4.78, 5) is 20.9. The molecule has 0 fully saturated rings. The number of nitriles is 1. The Morgan fingerprint density at radius 2 is 1.81 bits per heavy atom. The molecule has 6 nitrogen and oxygen atoms in total. The second-order valence-electron chi connectivity index (χ2n) is 5.84. The summed E-state index contributed by atoms with van der Waals surface area (Å²) in [5.41, 5.74) is 2.89. The van der Waals surface area contributed by atoms with Crippen LogP contribution in [0.1, 0.15) is 27.3 Å². The van der Waals surface area contributed by atoms with Crippen LogP contribution in [0.3, 0.4) is 0 Å². The van der Waals surface area contributed by atoms with Crippen LogP contribution in [0.4, 0.5) is 16.0 Å². The fourth-order valence-corrected chi connectivity index (χ4v) is 2.37. The average Bonchev–Trinajstić information content (AvgIpc) is 2.67. The lowest BCUT2D eigenvalue weighted by Gasteiger charge is -2.09. The van der Waals surface area contributed by atoms with Crippen LogP contribution in [-0.4, -0.2) is 15.9 Å². The Morgan fingerprint density at radius 1 is 1.11 bits per heavy atom. The van der Waals surface area contributed by atoms with E-state index in [1.165, 1.54) is 12.1 Å². The summed E-state index contributed by atoms with van der Waals surface area (Å²) in [5, 5.41) is 14.6. The van der Waals surface area contributed by atoms with Gasteiger partial charge in [0.15, 0.2) is 0 Å². The maximum Gasteiger partial charge on any atom is 0.270 e. The van der Waals surface area contributed by atoms with Gasteiger partial charge in [0.1, 0.15) is 11.5 Å². The third-order valence-corrected chi connectivity index (χ3v) is 3.72. The van der Waals surface area contributed by atoms with Gasteiger partial charge in [0, 0.05) is 17.9 Å². The lowest BCUT2D eigenvalue weighted by molar-refractivity contribution is 0.0945. The fraction of sp³-hybridized carbons (Fsp3) is 0.100. The van der Waals surface area contributed by atoms with Crippen LogP contribution in [0.15, 0.2) is 54.6 Å². The maximum absolute atomic E-state index is 12.9. The number of rotatable bonds is 5. The molecule has 0 aliphatic heterocycles. The van der Waals surface area contributed by atoms with E-state index in [0.717, 1.165) is 5.56 Å². The maximum atomic E-state index is 12.9. The Hall–Kier alpha value is -3.79. The number of carbonyl (C=O) groups excluding carboxylic acids is 1. The molecule has 3 aromatic rings. The third kappa shape index (κ3) is 4.86. The highest BCUT2D eigenvalue weighted by molar-refractivity contribution is 5.92. The van der Waals surface area contributed by atoms with Gasteiger partial charge in [-0.05, 0) is 55.0 Å². The molecule has 134 valence electrons. The summed E-state index contributed by atoms with van der Waals surface area (Å²) < 4.78 is 12.9. The molecule has 1 aromatic heterocycles. The van der Waals surface area contributed by atoms with Gasteiger partial charge >= 0.3 is 0 Å². The highest BCUT2D eigenvalue weighted by Gasteiger charge is 2.11. The molecule has 0 radical (unpaired) electrons. The zero-order chi connectivity index (χ0) is 19.2. The lowest BCUT2D eigenvalue weighted by Crippen LogP contribution is -2.24. The Bertz CT molecular complexity index is 994. The summed E-state index contributed by atoms with van der Waals surface area (Å²) >= 11 is 0. The molecule has 0 saturated heterocycles. The highest BCUT2D eigenvalue weighted by Crippen LogP contribution is 2.15. The number of nitrogens with one attached hydrogen (secondary N) is 2. The summed E-state index contributed by atoms with van der Waals surface area (Å²) in [6.07, 6.45) is 0. The Balaban J connectivity index is 1.70. The van der Waals surface area contributed by atoms with Crippen LogP contribution in [-0.2, 0) is 6.54 Å². The van der Waals surface area contributed by atoms with Gasteiger partial charge in [-0.3, -0.25) is 4.79 Å². The van der Waals surface area contributed by atoms with Gasteiger partial charge in [-0.2, -0.15) is 5.26 Å². The fourth-order valence-electron chi connectivity index (χ4n) is 2.37. The van der Waals surface area contributed by atoms with Gasteiger partial charge in [-0.15, -0.1) is 0 Å². The molecule has 0 aliphatic carbocycles. The van der Waals surface area contributed by atoms with Crippen LogP contribution in [0, 0.1) is 24.1 Å². The van der Waals surface area contributed by atoms with Gasteiger partial charge in [-0.1, -0.05) is 12.1 Å². The summed E-state index contributed by atoms with van der Waals surface area (Å²) in [7, 11) is 0. The first-order chi connectivity index (χ1) is 13.0. The molecule has 0 saturated carbocycles. The molecular weight excluding hydrogens is 345 g/mol. The van der Waals surface area contributed by atoms with Crippen molar-refractivity contribution in [3.05, 3.63) is 82.9 Å². The van der Waals surface area contributed by atoms with E-state index in [-0.39, 0.29) is 29.9 Å². The number of amides is 1. The number of aryl methyl sites for hydroxylation is 1. The number of nitrogens with zero attached hydrogens (tertiary/aromatic N) is 3. The Labute approximate surface area is 155 Å². The Kier molecular flexibility index (Phi) is 5.38. The molecule has 0 atom stereocenters. The van der Waals surface area contributed by atoms with Crippen LogP contribution >= 0.6 is 0 Å². The van der Waals surface area contributed by atoms with Crippen LogP contribution < -0.4 is 10.6 Å². The average molecular weight is 361 g/mol. The topological polar surface area (TPSA) is 90.7 Å². The molecule has 0 bridgehead atoms. The molecular formula is C20H16FN5O. The quantitative estimate of drug-likeness (QED) is 0.726. The first-order valence-corrected chi connectivity index (χ1v) is 8.19. The third-order valence-electron chi connectivity index (χ3n) is 3.72. The summed E-state index contributed by atoms with van der Waals surface area (Å²) in [6.45, 7) is 2.03. The van der Waals surface area contributed by atoms with E-state index < -0.39 is 0 Å². The van der Waals surface area contributed by atoms with Gasteiger partial charge < -0.3 is 10.6 Å². The van der Waals surface area contributed by atoms with Crippen molar-refractivity contribution in [3.63, 3.8) is 0 Å². The van der Waals surface area contributed by atoms with Gasteiger partial charge in [0.05, 0.1) is 11.6 Å². The second kappa shape index (κ2) is 8.06. The molecule has 1 heterocycles. The van der Waals surface area contributed by atoms with Gasteiger partial charge in [0.2, 0.25) is 5.95 Å². The van der Waals surface area contributed by atoms with Gasteiger partial charge in [-0.25, -0.2) is 14.4 Å². The molecule has 7 heteroatoms. The van der Waals surface area contributed by atoms with Crippen molar-refractivity contribution in [1.82, 2.24) is 15.3 Å². The monoisotopic (exact) mass is 361 g/mol. The van der Waals surface area contributed by atoms with Crippen molar-refractivity contribution >= 4 is 17.5 Å². The minimum absolute atomic E-state index is 0.223. The molecule has 3 rings (SSSR count). The SMILES string of the molecule is Cc1cc(C(=O)NCc2ccc(F)cc2)nc(Nc2ccc(C#N)cc2)n1. The Morgan fingerprint density at radius 3 is 2.48 bits per heavy atom. The second-order valence-corrected chi connectivity index (χ2v) is 5.84. The number of carbonyl (C=O) groups is 1. The van der Waals surface area contributed by atoms with Crippen molar-refractivity contribution in [1.29, 1.82) is 5.26 Å². The smallest absolute Gasteiger partial charge is 0.270 e. The number of hydrogen-bond acceptors (Lipinski definition) is 5. The number of benzene rings is 2. The van der Waals surface area contributed by atoms with E-state index in [1.807, 2.05) is 6.07 Å². The molecule has 1 amide bonds. The normalized spacial score (nSPS) is 10.1. The zero-order valence-corrected chi connectivity index (χ0v) is 14.5. The van der Waals surface area contributed by atoms with E-state index in [1.54, 1.807) is 49.4 Å². The van der Waals surface area contributed by atoms with Crippen molar-refractivity contribution in [2.45, 2.75) is 13.5 Å². The molecule has 0 unspecified atom stereocenters. The van der Waals surface area contributed by atoms with Gasteiger partial charge in [0.25, 0.3) is 5.91 Å². The summed E-state index contributed by atoms with van der Waals surface area (Å²) in [6, 6.07) is 16.4. The van der Waals surface area contributed by atoms with E-state index >= 15 is 0 Å². The molecule has 2 aromatic carbocycles. The van der Waals surface area contributed by atoms with E-state index in [9.17, 15) is 9.18 Å². The molecule has 2 N–H and O–H groups in total. The number of hydrogen-bond donors (Lipinski definition) is 2. The first-order valence-electron chi connectivity index (χ1n) is 8.19. The minimum Gasteiger partial charge on any atom is -0.347 e. The predicted molar refractivity (Wildman–Crippen MR) is 98.8 cm³/mol. The van der Waals surface area contributed by atoms with Crippen LogP contribution in [0.2, 0.25) is 0 Å². The number of halogens is 1. The predicted octanol–water partition coefficient (Wildman–Crippen LogP) is 3.47. The first kappa shape index (κ1) is 18.0. The van der Waals surface area contributed by atoms with Crippen molar-refractivity contribution in [2.24, 2.45) is 0 Å². The van der Waals surface area contributed by atoms with Crippen molar-refractivity contribution < 1.29 is 9.18 Å². The minimum atomic E-state index is -0.354. The largest absolute Gasteiger partial charge is 0.347 e. The molecule has 0 spiro atoms. The lowest BCUT2D eigenvalue weighted by atomic mass is 10.2. The van der Waals surface area contributed by atoms with Crippen LogP contribution in [0.5, 0.6) is 0 Å². The van der Waals surface area contributed by atoms with E-state index in [2.05, 4.69) is 20.6 Å². The molecule has 27 heavy (non-hydrogen) atoms.